The van der Waals surface area contributed by atoms with E-state index in [9.17, 15) is 0 Å². The molecular formula is C22H24ClN3O2. The first-order chi connectivity index (χ1) is 13.7. The molecule has 0 bridgehead atoms. The third-order valence-electron chi connectivity index (χ3n) is 5.11. The summed E-state index contributed by atoms with van der Waals surface area (Å²) in [5.74, 6) is 1.70. The predicted octanol–water partition coefficient (Wildman–Crippen LogP) is 5.23. The minimum absolute atomic E-state index is 0.506. The summed E-state index contributed by atoms with van der Waals surface area (Å²) in [4.78, 5) is 6.96. The van der Waals surface area contributed by atoms with E-state index in [2.05, 4.69) is 15.0 Å². The highest BCUT2D eigenvalue weighted by atomic mass is 35.5. The topological polar surface area (TPSA) is 51.4 Å². The van der Waals surface area contributed by atoms with Gasteiger partial charge in [-0.25, -0.2) is 0 Å². The number of aryl methyl sites for hydroxylation is 1. The Hall–Kier alpha value is -2.37. The van der Waals surface area contributed by atoms with Crippen LogP contribution in [0, 0.1) is 6.92 Å². The molecule has 0 saturated carbocycles. The number of hydrogen-bond acceptors (Lipinski definition) is 5. The van der Waals surface area contributed by atoms with Crippen LogP contribution in [0.15, 0.2) is 47.0 Å². The van der Waals surface area contributed by atoms with Crippen LogP contribution in [0.4, 0.5) is 0 Å². The summed E-state index contributed by atoms with van der Waals surface area (Å²) in [6.45, 7) is 5.92. The van der Waals surface area contributed by atoms with E-state index in [1.807, 2.05) is 49.4 Å². The normalized spacial score (nSPS) is 14.9. The molecule has 3 aromatic rings. The van der Waals surface area contributed by atoms with E-state index in [1.54, 1.807) is 0 Å². The van der Waals surface area contributed by atoms with Gasteiger partial charge >= 0.3 is 0 Å². The molecule has 28 heavy (non-hydrogen) atoms. The van der Waals surface area contributed by atoms with E-state index in [1.165, 1.54) is 19.3 Å². The van der Waals surface area contributed by atoms with E-state index in [0.717, 1.165) is 36.3 Å². The Morgan fingerprint density at radius 3 is 2.71 bits per heavy atom. The summed E-state index contributed by atoms with van der Waals surface area (Å²) in [5.41, 5.74) is 2.83. The van der Waals surface area contributed by atoms with Crippen molar-refractivity contribution in [1.82, 2.24) is 15.0 Å². The van der Waals surface area contributed by atoms with E-state index < -0.39 is 0 Å². The summed E-state index contributed by atoms with van der Waals surface area (Å²) in [6.07, 6.45) is 3.90. The molecule has 1 aromatic heterocycles. The number of halogens is 1. The van der Waals surface area contributed by atoms with Gasteiger partial charge in [0.15, 0.2) is 0 Å². The average molecular weight is 398 g/mol. The van der Waals surface area contributed by atoms with Crippen LogP contribution in [-0.2, 0) is 0 Å². The lowest BCUT2D eigenvalue weighted by Crippen LogP contribution is -2.33. The molecule has 0 spiro atoms. The van der Waals surface area contributed by atoms with Gasteiger partial charge in [0.2, 0.25) is 5.82 Å². The van der Waals surface area contributed by atoms with E-state index >= 15 is 0 Å². The van der Waals surface area contributed by atoms with Gasteiger partial charge in [0.1, 0.15) is 12.4 Å². The number of aromatic nitrogens is 2. The fourth-order valence-electron chi connectivity index (χ4n) is 3.49. The van der Waals surface area contributed by atoms with Crippen LogP contribution in [0.1, 0.15) is 24.8 Å². The molecule has 0 atom stereocenters. The highest BCUT2D eigenvalue weighted by Crippen LogP contribution is 2.31. The summed E-state index contributed by atoms with van der Waals surface area (Å²) in [5, 5.41) is 4.66. The summed E-state index contributed by atoms with van der Waals surface area (Å²) >= 11 is 6.43. The van der Waals surface area contributed by atoms with Gasteiger partial charge in [-0.05, 0) is 62.7 Å². The van der Waals surface area contributed by atoms with Crippen molar-refractivity contribution in [3.05, 3.63) is 53.1 Å². The second-order valence-electron chi connectivity index (χ2n) is 7.13. The SMILES string of the molecule is Cc1ccccc1-c1nc(-c2ccc(OCCN3CCCCC3)c(Cl)c2)no1. The Kier molecular flexibility index (Phi) is 5.93. The van der Waals surface area contributed by atoms with Gasteiger partial charge in [0.05, 0.1) is 5.02 Å². The molecule has 6 heteroatoms. The highest BCUT2D eigenvalue weighted by molar-refractivity contribution is 6.32. The number of benzene rings is 2. The molecule has 0 amide bonds. The lowest BCUT2D eigenvalue weighted by Gasteiger charge is -2.26. The minimum Gasteiger partial charge on any atom is -0.491 e. The largest absolute Gasteiger partial charge is 0.491 e. The Morgan fingerprint density at radius 1 is 1.11 bits per heavy atom. The zero-order valence-corrected chi connectivity index (χ0v) is 16.8. The van der Waals surface area contributed by atoms with Crippen LogP contribution in [-0.4, -0.2) is 41.3 Å². The fraction of sp³-hybridized carbons (Fsp3) is 0.364. The van der Waals surface area contributed by atoms with Gasteiger partial charge in [0, 0.05) is 17.7 Å². The lowest BCUT2D eigenvalue weighted by atomic mass is 10.1. The number of ether oxygens (including phenoxy) is 1. The van der Waals surface area contributed by atoms with Gasteiger partial charge in [-0.1, -0.05) is 41.4 Å². The third-order valence-corrected chi connectivity index (χ3v) is 5.40. The molecule has 1 saturated heterocycles. The maximum absolute atomic E-state index is 6.43. The first-order valence-corrected chi connectivity index (χ1v) is 10.1. The Balaban J connectivity index is 1.42. The van der Waals surface area contributed by atoms with Crippen molar-refractivity contribution in [3.8, 4) is 28.6 Å². The molecule has 0 unspecified atom stereocenters. The van der Waals surface area contributed by atoms with Crippen molar-refractivity contribution < 1.29 is 9.26 Å². The van der Waals surface area contributed by atoms with Crippen LogP contribution >= 0.6 is 11.6 Å². The van der Waals surface area contributed by atoms with Gasteiger partial charge < -0.3 is 9.26 Å². The Bertz CT molecular complexity index is 935. The van der Waals surface area contributed by atoms with Crippen molar-refractivity contribution >= 4 is 11.6 Å². The molecule has 0 radical (unpaired) electrons. The summed E-state index contributed by atoms with van der Waals surface area (Å²) in [7, 11) is 0. The summed E-state index contributed by atoms with van der Waals surface area (Å²) < 4.78 is 11.3. The molecule has 2 heterocycles. The molecular weight excluding hydrogens is 374 g/mol. The number of hydrogen-bond donors (Lipinski definition) is 0. The lowest BCUT2D eigenvalue weighted by molar-refractivity contribution is 0.183. The molecule has 0 N–H and O–H groups in total. The molecule has 0 aliphatic carbocycles. The average Bonchev–Trinajstić information content (AvgIpc) is 3.20. The van der Waals surface area contributed by atoms with Crippen LogP contribution in [0.2, 0.25) is 5.02 Å². The molecule has 1 aliphatic heterocycles. The second kappa shape index (κ2) is 8.76. The zero-order chi connectivity index (χ0) is 19.3. The third kappa shape index (κ3) is 4.37. The molecule has 5 nitrogen and oxygen atoms in total. The number of likely N-dealkylation sites (tertiary alicyclic amines) is 1. The van der Waals surface area contributed by atoms with Gasteiger partial charge in [-0.3, -0.25) is 4.90 Å². The Morgan fingerprint density at radius 2 is 1.93 bits per heavy atom. The molecule has 4 rings (SSSR count). The smallest absolute Gasteiger partial charge is 0.258 e. The van der Waals surface area contributed by atoms with E-state index in [-0.39, 0.29) is 0 Å². The maximum atomic E-state index is 6.43. The second-order valence-corrected chi connectivity index (χ2v) is 7.54. The minimum atomic E-state index is 0.506. The molecule has 1 aliphatic rings. The molecule has 2 aromatic carbocycles. The quantitative estimate of drug-likeness (QED) is 0.570. The summed E-state index contributed by atoms with van der Waals surface area (Å²) in [6, 6.07) is 13.5. The Labute approximate surface area is 170 Å². The van der Waals surface area contributed by atoms with E-state index in [0.29, 0.717) is 29.1 Å². The van der Waals surface area contributed by atoms with Crippen LogP contribution < -0.4 is 4.74 Å². The monoisotopic (exact) mass is 397 g/mol. The standard InChI is InChI=1S/C22H24ClN3O2/c1-16-7-3-4-8-18(16)22-24-21(25-28-22)17-9-10-20(19(23)15-17)27-14-13-26-11-5-2-6-12-26/h3-4,7-10,15H,2,5-6,11-14H2,1H3. The number of nitrogens with zero attached hydrogens (tertiary/aromatic N) is 3. The van der Waals surface area contributed by atoms with E-state index in [4.69, 9.17) is 20.9 Å². The molecule has 146 valence electrons. The van der Waals surface area contributed by atoms with Crippen molar-refractivity contribution in [2.75, 3.05) is 26.2 Å². The van der Waals surface area contributed by atoms with Crippen LogP contribution in [0.3, 0.4) is 0 Å². The predicted molar refractivity (Wildman–Crippen MR) is 111 cm³/mol. The van der Waals surface area contributed by atoms with Crippen LogP contribution in [0.25, 0.3) is 22.8 Å². The van der Waals surface area contributed by atoms with Gasteiger partial charge in [-0.15, -0.1) is 0 Å². The zero-order valence-electron chi connectivity index (χ0n) is 16.0. The molecule has 1 fully saturated rings. The van der Waals surface area contributed by atoms with Crippen LogP contribution in [0.5, 0.6) is 5.75 Å². The first kappa shape index (κ1) is 19.0. The van der Waals surface area contributed by atoms with Gasteiger partial charge in [0.25, 0.3) is 5.89 Å². The fourth-order valence-corrected chi connectivity index (χ4v) is 3.72. The number of piperidine rings is 1. The number of rotatable bonds is 6. The van der Waals surface area contributed by atoms with Crippen molar-refractivity contribution in [2.24, 2.45) is 0 Å². The highest BCUT2D eigenvalue weighted by Gasteiger charge is 2.14. The van der Waals surface area contributed by atoms with Crippen molar-refractivity contribution in [3.63, 3.8) is 0 Å². The van der Waals surface area contributed by atoms with Crippen molar-refractivity contribution in [2.45, 2.75) is 26.2 Å². The van der Waals surface area contributed by atoms with Gasteiger partial charge in [-0.2, -0.15) is 4.98 Å². The first-order valence-electron chi connectivity index (χ1n) is 9.75. The van der Waals surface area contributed by atoms with Crippen molar-refractivity contribution in [1.29, 1.82) is 0 Å². The maximum Gasteiger partial charge on any atom is 0.258 e.